The van der Waals surface area contributed by atoms with Gasteiger partial charge in [0.2, 0.25) is 5.91 Å². The Hall–Kier alpha value is -2.14. The Morgan fingerprint density at radius 1 is 1.29 bits per heavy atom. The quantitative estimate of drug-likeness (QED) is 0.920. The molecule has 1 fully saturated rings. The van der Waals surface area contributed by atoms with E-state index in [9.17, 15) is 4.79 Å². The van der Waals surface area contributed by atoms with E-state index in [1.807, 2.05) is 19.1 Å². The van der Waals surface area contributed by atoms with Crippen LogP contribution in [0.25, 0.3) is 0 Å². The molecule has 1 aliphatic heterocycles. The number of amides is 1. The van der Waals surface area contributed by atoms with Crippen molar-refractivity contribution in [1.29, 1.82) is 0 Å². The van der Waals surface area contributed by atoms with E-state index in [-0.39, 0.29) is 5.91 Å². The number of nitrogens with zero attached hydrogens (tertiary/aromatic N) is 2. The minimum Gasteiger partial charge on any atom is -0.359 e. The highest BCUT2D eigenvalue weighted by molar-refractivity contribution is 5.88. The number of hydrogen-bond acceptors (Lipinski definition) is 4. The van der Waals surface area contributed by atoms with Crippen molar-refractivity contribution in [1.82, 2.24) is 10.1 Å². The molecule has 1 aliphatic rings. The number of aryl methyl sites for hydroxylation is 1. The fourth-order valence-corrected chi connectivity index (χ4v) is 3.35. The van der Waals surface area contributed by atoms with E-state index >= 15 is 0 Å². The molecular weight excluding hydrogens is 302 g/mol. The number of carbonyl (C=O) groups excluding carboxylic acids is 1. The van der Waals surface area contributed by atoms with Crippen molar-refractivity contribution in [3.8, 4) is 0 Å². The van der Waals surface area contributed by atoms with Crippen LogP contribution in [-0.4, -0.2) is 22.5 Å². The number of benzene rings is 1. The lowest BCUT2D eigenvalue weighted by atomic mass is 10.1. The van der Waals surface area contributed by atoms with Crippen LogP contribution in [0.3, 0.4) is 0 Å². The second-order valence-electron chi connectivity index (χ2n) is 6.58. The van der Waals surface area contributed by atoms with Crippen molar-refractivity contribution in [2.45, 2.75) is 52.1 Å². The summed E-state index contributed by atoms with van der Waals surface area (Å²) in [5.41, 5.74) is 3.02. The molecule has 1 amide bonds. The SMILES string of the molecule is CC(=O)Nc1ccc(CN2CCCCCC2c2cc(C)no2)cc1. The average Bonchev–Trinajstić information content (AvgIpc) is 2.84. The topological polar surface area (TPSA) is 58.4 Å². The zero-order valence-electron chi connectivity index (χ0n) is 14.4. The first kappa shape index (κ1) is 16.7. The summed E-state index contributed by atoms with van der Waals surface area (Å²) in [6.07, 6.45) is 4.82. The molecule has 0 saturated carbocycles. The van der Waals surface area contributed by atoms with Gasteiger partial charge in [0, 0.05) is 25.2 Å². The van der Waals surface area contributed by atoms with Gasteiger partial charge in [0.15, 0.2) is 5.76 Å². The molecule has 3 rings (SSSR count). The molecule has 5 nitrogen and oxygen atoms in total. The molecule has 24 heavy (non-hydrogen) atoms. The van der Waals surface area contributed by atoms with Crippen LogP contribution in [0.5, 0.6) is 0 Å². The third kappa shape index (κ3) is 4.23. The van der Waals surface area contributed by atoms with Gasteiger partial charge in [-0.15, -0.1) is 0 Å². The Labute approximate surface area is 143 Å². The van der Waals surface area contributed by atoms with Crippen LogP contribution in [-0.2, 0) is 11.3 Å². The van der Waals surface area contributed by atoms with E-state index in [0.717, 1.165) is 36.7 Å². The van der Waals surface area contributed by atoms with Gasteiger partial charge in [0.05, 0.1) is 11.7 Å². The van der Waals surface area contributed by atoms with Gasteiger partial charge in [-0.25, -0.2) is 0 Å². The zero-order valence-corrected chi connectivity index (χ0v) is 14.4. The molecule has 1 N–H and O–H groups in total. The molecule has 0 aliphatic carbocycles. The van der Waals surface area contributed by atoms with Crippen LogP contribution < -0.4 is 5.32 Å². The molecule has 0 spiro atoms. The Balaban J connectivity index is 1.73. The number of carbonyl (C=O) groups is 1. The zero-order chi connectivity index (χ0) is 16.9. The average molecular weight is 327 g/mol. The van der Waals surface area contributed by atoms with E-state index in [1.165, 1.54) is 31.7 Å². The molecule has 2 aromatic rings. The first-order valence-corrected chi connectivity index (χ1v) is 8.65. The highest BCUT2D eigenvalue weighted by Gasteiger charge is 2.25. The third-order valence-electron chi connectivity index (χ3n) is 4.50. The number of likely N-dealkylation sites (tertiary alicyclic amines) is 1. The van der Waals surface area contributed by atoms with Crippen molar-refractivity contribution in [2.75, 3.05) is 11.9 Å². The van der Waals surface area contributed by atoms with Crippen molar-refractivity contribution in [3.63, 3.8) is 0 Å². The lowest BCUT2D eigenvalue weighted by molar-refractivity contribution is -0.114. The molecule has 1 saturated heterocycles. The van der Waals surface area contributed by atoms with Crippen LogP contribution in [0.2, 0.25) is 0 Å². The molecule has 0 bridgehead atoms. The summed E-state index contributed by atoms with van der Waals surface area (Å²) in [6, 6.07) is 10.4. The minimum atomic E-state index is -0.0454. The smallest absolute Gasteiger partial charge is 0.221 e. The standard InChI is InChI=1S/C19H25N3O2/c1-14-12-19(24-21-14)18-6-4-3-5-11-22(18)13-16-7-9-17(10-8-16)20-15(2)23/h7-10,12,18H,3-6,11,13H2,1-2H3,(H,20,23). The number of rotatable bonds is 4. The number of anilines is 1. The van der Waals surface area contributed by atoms with Crippen molar-refractivity contribution < 1.29 is 9.32 Å². The lowest BCUT2D eigenvalue weighted by Gasteiger charge is -2.28. The molecule has 0 radical (unpaired) electrons. The molecule has 2 heterocycles. The Morgan fingerprint density at radius 3 is 2.75 bits per heavy atom. The summed E-state index contributed by atoms with van der Waals surface area (Å²) >= 11 is 0. The lowest BCUT2D eigenvalue weighted by Crippen LogP contribution is -2.28. The second kappa shape index (κ2) is 7.62. The summed E-state index contributed by atoms with van der Waals surface area (Å²) in [6.45, 7) is 5.44. The highest BCUT2D eigenvalue weighted by atomic mass is 16.5. The van der Waals surface area contributed by atoms with Crippen LogP contribution in [0.15, 0.2) is 34.9 Å². The summed E-state index contributed by atoms with van der Waals surface area (Å²) in [5, 5.41) is 6.87. The number of aromatic nitrogens is 1. The van der Waals surface area contributed by atoms with Crippen LogP contribution >= 0.6 is 0 Å². The first-order chi connectivity index (χ1) is 11.6. The van der Waals surface area contributed by atoms with Gasteiger partial charge in [-0.2, -0.15) is 0 Å². The largest absolute Gasteiger partial charge is 0.359 e. The van der Waals surface area contributed by atoms with Gasteiger partial charge in [0.25, 0.3) is 0 Å². The van der Waals surface area contributed by atoms with E-state index in [1.54, 1.807) is 0 Å². The fourth-order valence-electron chi connectivity index (χ4n) is 3.35. The van der Waals surface area contributed by atoms with Crippen LogP contribution in [0, 0.1) is 6.92 Å². The van der Waals surface area contributed by atoms with E-state index in [2.05, 4.69) is 33.6 Å². The third-order valence-corrected chi connectivity index (χ3v) is 4.50. The van der Waals surface area contributed by atoms with E-state index in [4.69, 9.17) is 4.52 Å². The van der Waals surface area contributed by atoms with Gasteiger partial charge in [0.1, 0.15) is 0 Å². The van der Waals surface area contributed by atoms with Gasteiger partial charge in [-0.05, 0) is 44.0 Å². The van der Waals surface area contributed by atoms with Crippen molar-refractivity contribution in [3.05, 3.63) is 47.3 Å². The summed E-state index contributed by atoms with van der Waals surface area (Å²) in [7, 11) is 0. The Bertz CT molecular complexity index is 678. The molecule has 1 atom stereocenters. The van der Waals surface area contributed by atoms with Crippen LogP contribution in [0.1, 0.15) is 55.7 Å². The summed E-state index contributed by atoms with van der Waals surface area (Å²) in [4.78, 5) is 13.6. The minimum absolute atomic E-state index is 0.0454. The van der Waals surface area contributed by atoms with Crippen LogP contribution in [0.4, 0.5) is 5.69 Å². The molecule has 128 valence electrons. The summed E-state index contributed by atoms with van der Waals surface area (Å²) < 4.78 is 5.55. The number of hydrogen-bond donors (Lipinski definition) is 1. The maximum atomic E-state index is 11.1. The second-order valence-corrected chi connectivity index (χ2v) is 6.58. The summed E-state index contributed by atoms with van der Waals surface area (Å²) in [5.74, 6) is 0.931. The Kier molecular flexibility index (Phi) is 5.30. The van der Waals surface area contributed by atoms with Gasteiger partial charge < -0.3 is 9.84 Å². The maximum absolute atomic E-state index is 11.1. The van der Waals surface area contributed by atoms with E-state index in [0.29, 0.717) is 6.04 Å². The molecule has 1 aromatic carbocycles. The van der Waals surface area contributed by atoms with E-state index < -0.39 is 0 Å². The van der Waals surface area contributed by atoms with Gasteiger partial charge >= 0.3 is 0 Å². The fraction of sp³-hybridized carbons (Fsp3) is 0.474. The number of nitrogens with one attached hydrogen (secondary N) is 1. The molecular formula is C19H25N3O2. The predicted octanol–water partition coefficient (Wildman–Crippen LogP) is 4.06. The maximum Gasteiger partial charge on any atom is 0.221 e. The van der Waals surface area contributed by atoms with Crippen molar-refractivity contribution >= 4 is 11.6 Å². The predicted molar refractivity (Wildman–Crippen MR) is 93.6 cm³/mol. The molecule has 1 aromatic heterocycles. The van der Waals surface area contributed by atoms with Gasteiger partial charge in [-0.1, -0.05) is 30.1 Å². The highest BCUT2D eigenvalue weighted by Crippen LogP contribution is 2.31. The Morgan fingerprint density at radius 2 is 2.08 bits per heavy atom. The normalized spacial score (nSPS) is 19.0. The van der Waals surface area contributed by atoms with Crippen molar-refractivity contribution in [2.24, 2.45) is 0 Å². The van der Waals surface area contributed by atoms with Gasteiger partial charge in [-0.3, -0.25) is 9.69 Å². The monoisotopic (exact) mass is 327 g/mol. The molecule has 1 unspecified atom stereocenters. The molecule has 5 heteroatoms. The first-order valence-electron chi connectivity index (χ1n) is 8.65.